The minimum atomic E-state index is 0.744. The van der Waals surface area contributed by atoms with Crippen molar-refractivity contribution in [2.45, 2.75) is 18.9 Å². The van der Waals surface area contributed by atoms with Gasteiger partial charge in [-0.3, -0.25) is 0 Å². The van der Waals surface area contributed by atoms with E-state index in [0.717, 1.165) is 25.7 Å². The molecule has 3 radical (unpaired) electrons. The van der Waals surface area contributed by atoms with Gasteiger partial charge in [0.2, 0.25) is 0 Å². The third-order valence-electron chi connectivity index (χ3n) is 1.10. The first kappa shape index (κ1) is 9.14. The van der Waals surface area contributed by atoms with Crippen LogP contribution in [0.15, 0.2) is 0 Å². The Morgan fingerprint density at radius 1 is 1.22 bits per heavy atom. The van der Waals surface area contributed by atoms with Crippen LogP contribution in [0.4, 0.5) is 0 Å². The highest BCUT2D eigenvalue weighted by molar-refractivity contribution is 6.08. The Hall–Kier alpha value is 0.137. The normalized spacial score (nSPS) is 10.0. The summed E-state index contributed by atoms with van der Waals surface area (Å²) in [5.41, 5.74) is 5.27. The summed E-state index contributed by atoms with van der Waals surface area (Å²) in [6, 6.07) is 1.10. The molecule has 0 spiro atoms. The highest BCUT2D eigenvalue weighted by Crippen LogP contribution is 1.88. The monoisotopic (exact) mass is 143 g/mol. The van der Waals surface area contributed by atoms with Gasteiger partial charge in [-0.15, -0.1) is 0 Å². The van der Waals surface area contributed by atoms with Crippen molar-refractivity contribution in [3.63, 3.8) is 0 Å². The molecule has 0 aromatic heterocycles. The molecule has 0 amide bonds. The molecule has 0 heterocycles. The fraction of sp³-hybridized carbons (Fsp3) is 1.00. The van der Waals surface area contributed by atoms with Gasteiger partial charge in [0.1, 0.15) is 0 Å². The van der Waals surface area contributed by atoms with Crippen molar-refractivity contribution in [3.8, 4) is 0 Å². The average Bonchev–Trinajstić information content (AvgIpc) is 1.89. The Kier molecular flexibility index (Phi) is 8.26. The van der Waals surface area contributed by atoms with E-state index in [2.05, 4.69) is 15.6 Å². The lowest BCUT2D eigenvalue weighted by Gasteiger charge is -1.99. The van der Waals surface area contributed by atoms with Gasteiger partial charge in [-0.05, 0) is 13.0 Å². The minimum Gasteiger partial charge on any atom is -0.329 e. The molecule has 0 aromatic carbocycles. The zero-order valence-electron chi connectivity index (χ0n) is 5.82. The van der Waals surface area contributed by atoms with E-state index >= 15 is 0 Å². The van der Waals surface area contributed by atoms with Crippen LogP contribution in [-0.2, 0) is 0 Å². The summed E-state index contributed by atoms with van der Waals surface area (Å²) in [5.74, 6) is 0. The largest absolute Gasteiger partial charge is 0.329 e. The van der Waals surface area contributed by atoms with Gasteiger partial charge < -0.3 is 11.1 Å². The van der Waals surface area contributed by atoms with Crippen molar-refractivity contribution < 1.29 is 0 Å². The molecular weight excluding hydrogens is 128 g/mol. The van der Waals surface area contributed by atoms with Crippen LogP contribution in [0, 0.1) is 0 Å². The summed E-state index contributed by atoms with van der Waals surface area (Å²) >= 11 is 0. The maximum Gasteiger partial charge on any atom is 0.0222 e. The number of hydrogen-bond acceptors (Lipinski definition) is 2. The lowest BCUT2D eigenvalue weighted by Crippen LogP contribution is -2.23. The Labute approximate surface area is 60.6 Å². The van der Waals surface area contributed by atoms with Gasteiger partial charge in [0.25, 0.3) is 0 Å². The second-order valence-corrected chi connectivity index (χ2v) is 2.50. The topological polar surface area (TPSA) is 38.0 Å². The van der Waals surface area contributed by atoms with E-state index in [-0.39, 0.29) is 0 Å². The van der Waals surface area contributed by atoms with Gasteiger partial charge in [0, 0.05) is 23.3 Å². The van der Waals surface area contributed by atoms with Crippen molar-refractivity contribution in [1.29, 1.82) is 0 Å². The van der Waals surface area contributed by atoms with Gasteiger partial charge >= 0.3 is 0 Å². The molecule has 0 aliphatic heterocycles. The summed E-state index contributed by atoms with van der Waals surface area (Å²) in [5, 5.41) is 3.22. The quantitative estimate of drug-likeness (QED) is 0.402. The highest BCUT2D eigenvalue weighted by atomic mass is 28.1. The average molecular weight is 143 g/mol. The van der Waals surface area contributed by atoms with Gasteiger partial charge in [-0.25, -0.2) is 0 Å². The molecule has 9 heavy (non-hydrogen) atoms. The molecule has 0 aromatic rings. The van der Waals surface area contributed by atoms with Crippen molar-refractivity contribution >= 4 is 10.2 Å². The van der Waals surface area contributed by atoms with E-state index in [9.17, 15) is 0 Å². The maximum absolute atomic E-state index is 5.27. The first-order chi connectivity index (χ1) is 4.41. The fourth-order valence-corrected chi connectivity index (χ4v) is 0.852. The zero-order valence-corrected chi connectivity index (χ0v) is 6.82. The predicted molar refractivity (Wildman–Crippen MR) is 41.7 cm³/mol. The summed E-state index contributed by atoms with van der Waals surface area (Å²) in [6.45, 7) is 2.79. The SMILES string of the molecule is NCCNCCCC[Si]. The fourth-order valence-electron chi connectivity index (χ4n) is 0.602. The lowest BCUT2D eigenvalue weighted by molar-refractivity contribution is 0.645. The molecule has 0 unspecified atom stereocenters. The molecule has 0 aliphatic carbocycles. The molecule has 2 nitrogen and oxygen atoms in total. The summed E-state index contributed by atoms with van der Waals surface area (Å²) in [4.78, 5) is 0. The number of nitrogens with one attached hydrogen (secondary N) is 1. The Bertz CT molecular complexity index is 44.3. The van der Waals surface area contributed by atoms with E-state index < -0.39 is 0 Å². The molecule has 0 saturated heterocycles. The Morgan fingerprint density at radius 3 is 2.56 bits per heavy atom. The molecular formula is C6H15N2Si. The van der Waals surface area contributed by atoms with Gasteiger partial charge in [-0.2, -0.15) is 0 Å². The predicted octanol–water partition coefficient (Wildman–Crippen LogP) is -0.0983. The van der Waals surface area contributed by atoms with E-state index in [0.29, 0.717) is 0 Å². The van der Waals surface area contributed by atoms with Crippen molar-refractivity contribution in [3.05, 3.63) is 0 Å². The van der Waals surface area contributed by atoms with Crippen LogP contribution in [0.3, 0.4) is 0 Å². The molecule has 3 N–H and O–H groups in total. The van der Waals surface area contributed by atoms with E-state index in [1.54, 1.807) is 0 Å². The van der Waals surface area contributed by atoms with Crippen molar-refractivity contribution in [2.24, 2.45) is 5.73 Å². The van der Waals surface area contributed by atoms with Crippen LogP contribution < -0.4 is 11.1 Å². The summed E-state index contributed by atoms with van der Waals surface area (Å²) in [6.07, 6.45) is 2.48. The second kappa shape index (κ2) is 8.14. The minimum absolute atomic E-state index is 0.744. The molecule has 53 valence electrons. The number of hydrogen-bond donors (Lipinski definition) is 2. The van der Waals surface area contributed by atoms with Crippen LogP contribution in [0.25, 0.3) is 0 Å². The Morgan fingerprint density at radius 2 is 2.00 bits per heavy atom. The van der Waals surface area contributed by atoms with Crippen molar-refractivity contribution in [1.82, 2.24) is 5.32 Å². The third-order valence-corrected chi connectivity index (χ3v) is 1.45. The molecule has 0 aliphatic rings. The summed E-state index contributed by atoms with van der Waals surface area (Å²) in [7, 11) is 3.41. The van der Waals surface area contributed by atoms with E-state index in [4.69, 9.17) is 5.73 Å². The van der Waals surface area contributed by atoms with Crippen LogP contribution in [0.5, 0.6) is 0 Å². The maximum atomic E-state index is 5.27. The van der Waals surface area contributed by atoms with E-state index in [1.165, 1.54) is 12.8 Å². The molecule has 0 fully saturated rings. The third kappa shape index (κ3) is 8.14. The summed E-state index contributed by atoms with van der Waals surface area (Å²) < 4.78 is 0. The highest BCUT2D eigenvalue weighted by Gasteiger charge is 1.83. The lowest BCUT2D eigenvalue weighted by atomic mass is 10.3. The Balaban J connectivity index is 2.60. The van der Waals surface area contributed by atoms with Crippen LogP contribution in [0.1, 0.15) is 12.8 Å². The number of nitrogens with two attached hydrogens (primary N) is 1. The number of rotatable bonds is 6. The molecule has 0 atom stereocenters. The molecule has 0 rings (SSSR count). The van der Waals surface area contributed by atoms with Crippen LogP contribution in [0.2, 0.25) is 6.04 Å². The van der Waals surface area contributed by atoms with Crippen LogP contribution >= 0.6 is 0 Å². The second-order valence-electron chi connectivity index (χ2n) is 2.00. The van der Waals surface area contributed by atoms with Gasteiger partial charge in [0.15, 0.2) is 0 Å². The molecule has 0 saturated carbocycles. The van der Waals surface area contributed by atoms with E-state index in [1.807, 2.05) is 0 Å². The smallest absolute Gasteiger partial charge is 0.0222 e. The van der Waals surface area contributed by atoms with Crippen LogP contribution in [-0.4, -0.2) is 29.9 Å². The first-order valence-electron chi connectivity index (χ1n) is 3.47. The molecule has 0 bridgehead atoms. The van der Waals surface area contributed by atoms with Gasteiger partial charge in [0.05, 0.1) is 0 Å². The standard InChI is InChI=1S/C6H15N2Si/c7-3-5-8-4-1-2-6-9/h8H,1-7H2. The van der Waals surface area contributed by atoms with Crippen molar-refractivity contribution in [2.75, 3.05) is 19.6 Å². The molecule has 3 heteroatoms. The number of unbranched alkanes of at least 4 members (excludes halogenated alkanes) is 1. The van der Waals surface area contributed by atoms with Gasteiger partial charge in [-0.1, -0.05) is 12.5 Å². The zero-order chi connectivity index (χ0) is 6.95. The first-order valence-corrected chi connectivity index (χ1v) is 4.18.